The number of esters is 1. The highest BCUT2D eigenvalue weighted by molar-refractivity contribution is 5.91. The Balaban J connectivity index is 1.22. The molecule has 1 unspecified atom stereocenters. The van der Waals surface area contributed by atoms with Crippen LogP contribution in [0.4, 0.5) is 10.5 Å². The van der Waals surface area contributed by atoms with E-state index in [2.05, 4.69) is 6.07 Å². The Kier molecular flexibility index (Phi) is 6.26. The fraction of sp³-hybridized carbons (Fsp3) is 0.444. The number of ether oxygens (including phenoxy) is 2. The van der Waals surface area contributed by atoms with Gasteiger partial charge < -0.3 is 14.4 Å². The molecule has 5 rings (SSSR count). The molecular weight excluding hydrogens is 432 g/mol. The fourth-order valence-electron chi connectivity index (χ4n) is 5.56. The number of hydrogen-bond acceptors (Lipinski definition) is 5. The number of piperidine rings is 1. The van der Waals surface area contributed by atoms with Crippen molar-refractivity contribution in [2.24, 2.45) is 11.8 Å². The van der Waals surface area contributed by atoms with Crippen LogP contribution in [0.15, 0.2) is 54.6 Å². The number of nitrogens with zero attached hydrogens (tertiary/aromatic N) is 2. The van der Waals surface area contributed by atoms with Crippen molar-refractivity contribution < 1.29 is 23.9 Å². The molecule has 2 aromatic carbocycles. The van der Waals surface area contributed by atoms with E-state index in [1.165, 1.54) is 0 Å². The highest BCUT2D eigenvalue weighted by Gasteiger charge is 2.43. The average Bonchev–Trinajstić information content (AvgIpc) is 3.21. The number of likely N-dealkylation sites (tertiary alicyclic amines) is 1. The molecule has 4 atom stereocenters. The van der Waals surface area contributed by atoms with Gasteiger partial charge in [0.05, 0.1) is 5.69 Å². The maximum atomic E-state index is 12.9. The predicted molar refractivity (Wildman–Crippen MR) is 126 cm³/mol. The van der Waals surface area contributed by atoms with E-state index in [4.69, 9.17) is 9.47 Å². The van der Waals surface area contributed by atoms with E-state index in [1.807, 2.05) is 60.4 Å². The van der Waals surface area contributed by atoms with Crippen LogP contribution in [0.3, 0.4) is 0 Å². The summed E-state index contributed by atoms with van der Waals surface area (Å²) in [5, 5.41) is 0. The van der Waals surface area contributed by atoms with Crippen molar-refractivity contribution in [1.29, 1.82) is 0 Å². The number of amides is 2. The van der Waals surface area contributed by atoms with E-state index < -0.39 is 0 Å². The van der Waals surface area contributed by atoms with Gasteiger partial charge >= 0.3 is 12.1 Å². The summed E-state index contributed by atoms with van der Waals surface area (Å²) < 4.78 is 11.0. The van der Waals surface area contributed by atoms with Crippen molar-refractivity contribution in [1.82, 2.24) is 4.90 Å². The van der Waals surface area contributed by atoms with Crippen LogP contribution in [0.5, 0.6) is 0 Å². The molecule has 0 aromatic heterocycles. The molecule has 7 nitrogen and oxygen atoms in total. The standard InChI is InChI=1S/C27H30N2O5/c1-18-23-16-28(25(30)13-21(23)14-26(31)34-18)12-11-20-15-29(24-10-6-5-9-22(20)24)27(32)33-17-19-7-3-2-4-8-19/h2-10,18,20-21,23H,11-17H2,1H3/t18-,20?,21+,23+/m0/s1. The van der Waals surface area contributed by atoms with Gasteiger partial charge in [0.1, 0.15) is 12.7 Å². The minimum absolute atomic E-state index is 0.0853. The van der Waals surface area contributed by atoms with Crippen molar-refractivity contribution in [2.45, 2.75) is 44.8 Å². The number of carbonyl (C=O) groups is 3. The SMILES string of the molecule is C[C@@H]1OC(=O)C[C@H]2CC(=O)N(CCC3CN(C(=O)OCc4ccccc4)c4ccccc43)C[C@@H]21. The molecule has 2 fully saturated rings. The van der Waals surface area contributed by atoms with Crippen molar-refractivity contribution in [3.63, 3.8) is 0 Å². The van der Waals surface area contributed by atoms with Gasteiger partial charge in [-0.3, -0.25) is 14.5 Å². The molecule has 0 spiro atoms. The van der Waals surface area contributed by atoms with E-state index in [1.54, 1.807) is 4.90 Å². The van der Waals surface area contributed by atoms with Gasteiger partial charge in [-0.05, 0) is 36.5 Å². The summed E-state index contributed by atoms with van der Waals surface area (Å²) in [5.74, 6) is 0.316. The average molecular weight is 463 g/mol. The number of cyclic esters (lactones) is 1. The lowest BCUT2D eigenvalue weighted by atomic mass is 9.78. The van der Waals surface area contributed by atoms with Crippen LogP contribution >= 0.6 is 0 Å². The maximum absolute atomic E-state index is 12.9. The Hall–Kier alpha value is -3.35. The molecule has 178 valence electrons. The number of fused-ring (bicyclic) bond motifs is 2. The second-order valence-corrected chi connectivity index (χ2v) is 9.56. The number of rotatable bonds is 5. The van der Waals surface area contributed by atoms with Crippen LogP contribution in [0.2, 0.25) is 0 Å². The minimum atomic E-state index is -0.353. The van der Waals surface area contributed by atoms with Crippen LogP contribution in [-0.4, -0.2) is 48.6 Å². The van der Waals surface area contributed by atoms with Crippen LogP contribution in [0, 0.1) is 11.8 Å². The first kappa shape index (κ1) is 22.4. The van der Waals surface area contributed by atoms with E-state index in [0.717, 1.165) is 23.2 Å². The van der Waals surface area contributed by atoms with Crippen LogP contribution in [0.1, 0.15) is 43.2 Å². The van der Waals surface area contributed by atoms with Gasteiger partial charge in [-0.1, -0.05) is 48.5 Å². The Labute approximate surface area is 199 Å². The molecular formula is C27H30N2O5. The molecule has 3 heterocycles. The number of anilines is 1. The van der Waals surface area contributed by atoms with Crippen LogP contribution < -0.4 is 4.90 Å². The first-order chi connectivity index (χ1) is 16.5. The molecule has 0 N–H and O–H groups in total. The number of para-hydroxylation sites is 1. The third-order valence-electron chi connectivity index (χ3n) is 7.42. The normalized spacial score (nSPS) is 26.0. The molecule has 0 saturated carbocycles. The Bertz CT molecular complexity index is 1070. The molecule has 2 saturated heterocycles. The summed E-state index contributed by atoms with van der Waals surface area (Å²) in [5.41, 5.74) is 2.94. The zero-order valence-electron chi connectivity index (χ0n) is 19.4. The highest BCUT2D eigenvalue weighted by atomic mass is 16.6. The van der Waals surface area contributed by atoms with E-state index >= 15 is 0 Å². The number of hydrogen-bond donors (Lipinski definition) is 0. The number of benzene rings is 2. The highest BCUT2D eigenvalue weighted by Crippen LogP contribution is 2.40. The summed E-state index contributed by atoms with van der Waals surface area (Å²) in [6, 6.07) is 17.6. The molecule has 0 radical (unpaired) electrons. The minimum Gasteiger partial charge on any atom is -0.462 e. The van der Waals surface area contributed by atoms with E-state index in [0.29, 0.717) is 32.5 Å². The summed E-state index contributed by atoms with van der Waals surface area (Å²) in [6.45, 7) is 3.93. The molecule has 34 heavy (non-hydrogen) atoms. The molecule has 2 amide bonds. The third-order valence-corrected chi connectivity index (χ3v) is 7.42. The zero-order valence-corrected chi connectivity index (χ0v) is 19.4. The Morgan fingerprint density at radius 2 is 1.79 bits per heavy atom. The van der Waals surface area contributed by atoms with Gasteiger partial charge in [-0.25, -0.2) is 4.79 Å². The Morgan fingerprint density at radius 1 is 1.03 bits per heavy atom. The number of carbonyl (C=O) groups excluding carboxylic acids is 3. The second-order valence-electron chi connectivity index (χ2n) is 9.56. The van der Waals surface area contributed by atoms with Gasteiger partial charge in [-0.15, -0.1) is 0 Å². The van der Waals surface area contributed by atoms with Crippen LogP contribution in [-0.2, 0) is 25.7 Å². The van der Waals surface area contributed by atoms with Gasteiger partial charge in [0.15, 0.2) is 0 Å². The second kappa shape index (κ2) is 9.49. The van der Waals surface area contributed by atoms with Crippen LogP contribution in [0.25, 0.3) is 0 Å². The van der Waals surface area contributed by atoms with E-state index in [9.17, 15) is 14.4 Å². The molecule has 3 aliphatic rings. The van der Waals surface area contributed by atoms with Gasteiger partial charge in [0, 0.05) is 44.3 Å². The lowest BCUT2D eigenvalue weighted by molar-refractivity contribution is -0.168. The van der Waals surface area contributed by atoms with Gasteiger partial charge in [0.25, 0.3) is 0 Å². The molecule has 7 heteroatoms. The molecule has 3 aliphatic heterocycles. The first-order valence-electron chi connectivity index (χ1n) is 12.0. The van der Waals surface area contributed by atoms with Crippen molar-refractivity contribution >= 4 is 23.7 Å². The maximum Gasteiger partial charge on any atom is 0.414 e. The smallest absolute Gasteiger partial charge is 0.414 e. The van der Waals surface area contributed by atoms with Crippen molar-refractivity contribution in [2.75, 3.05) is 24.5 Å². The van der Waals surface area contributed by atoms with Gasteiger partial charge in [-0.2, -0.15) is 0 Å². The zero-order chi connectivity index (χ0) is 23.7. The molecule has 0 aliphatic carbocycles. The largest absolute Gasteiger partial charge is 0.462 e. The third kappa shape index (κ3) is 4.52. The first-order valence-corrected chi connectivity index (χ1v) is 12.0. The summed E-state index contributed by atoms with van der Waals surface area (Å²) in [4.78, 5) is 41.1. The summed E-state index contributed by atoms with van der Waals surface area (Å²) >= 11 is 0. The molecule has 0 bridgehead atoms. The van der Waals surface area contributed by atoms with E-state index in [-0.39, 0.29) is 48.4 Å². The van der Waals surface area contributed by atoms with Crippen molar-refractivity contribution in [3.8, 4) is 0 Å². The lowest BCUT2D eigenvalue weighted by Crippen LogP contribution is -2.52. The summed E-state index contributed by atoms with van der Waals surface area (Å²) in [7, 11) is 0. The summed E-state index contributed by atoms with van der Waals surface area (Å²) in [6.07, 6.45) is 0.988. The Morgan fingerprint density at radius 3 is 2.62 bits per heavy atom. The van der Waals surface area contributed by atoms with Crippen molar-refractivity contribution in [3.05, 3.63) is 65.7 Å². The molecule has 2 aromatic rings. The lowest BCUT2D eigenvalue weighted by Gasteiger charge is -2.43. The predicted octanol–water partition coefficient (Wildman–Crippen LogP) is 4.12. The fourth-order valence-corrected chi connectivity index (χ4v) is 5.56. The quantitative estimate of drug-likeness (QED) is 0.625. The monoisotopic (exact) mass is 462 g/mol. The topological polar surface area (TPSA) is 76.2 Å². The van der Waals surface area contributed by atoms with Gasteiger partial charge in [0.2, 0.25) is 5.91 Å².